The van der Waals surface area contributed by atoms with Gasteiger partial charge >= 0.3 is 0 Å². The zero-order valence-electron chi connectivity index (χ0n) is 9.75. The third-order valence-electron chi connectivity index (χ3n) is 2.34. The molecule has 0 aliphatic carbocycles. The van der Waals surface area contributed by atoms with Crippen LogP contribution in [0.25, 0.3) is 5.82 Å². The van der Waals surface area contributed by atoms with Gasteiger partial charge in [0, 0.05) is 25.2 Å². The number of aromatic nitrogens is 5. The van der Waals surface area contributed by atoms with Crippen molar-refractivity contribution in [3.8, 4) is 11.9 Å². The van der Waals surface area contributed by atoms with Gasteiger partial charge in [-0.25, -0.2) is 15.0 Å². The molecule has 0 unspecified atom stereocenters. The highest BCUT2D eigenvalue weighted by Crippen LogP contribution is 2.10. The van der Waals surface area contributed by atoms with Crippen molar-refractivity contribution in [3.05, 3.63) is 29.7 Å². The summed E-state index contributed by atoms with van der Waals surface area (Å²) in [6.07, 6.45) is 4.52. The Morgan fingerprint density at radius 2 is 2.00 bits per heavy atom. The standard InChI is InChI=1S/C11H12N6/c1-3-9-15-10(4-2)17(16-9)11-8(7-12)13-5-6-14-11/h5-6H,3-4H2,1-2H3. The number of rotatable bonds is 3. The first-order chi connectivity index (χ1) is 8.30. The summed E-state index contributed by atoms with van der Waals surface area (Å²) in [4.78, 5) is 12.5. The Morgan fingerprint density at radius 1 is 1.24 bits per heavy atom. The summed E-state index contributed by atoms with van der Waals surface area (Å²) >= 11 is 0. The van der Waals surface area contributed by atoms with Crippen LogP contribution >= 0.6 is 0 Å². The summed E-state index contributed by atoms with van der Waals surface area (Å²) in [7, 11) is 0. The third kappa shape index (κ3) is 1.99. The molecule has 0 radical (unpaired) electrons. The summed E-state index contributed by atoms with van der Waals surface area (Å²) < 4.78 is 1.60. The lowest BCUT2D eigenvalue weighted by atomic mass is 10.4. The van der Waals surface area contributed by atoms with Crippen LogP contribution in [0, 0.1) is 11.3 Å². The fourth-order valence-corrected chi connectivity index (χ4v) is 1.50. The van der Waals surface area contributed by atoms with Crippen LogP contribution in [0.4, 0.5) is 0 Å². The average molecular weight is 228 g/mol. The minimum Gasteiger partial charge on any atom is -0.240 e. The second-order valence-electron chi connectivity index (χ2n) is 3.40. The molecule has 0 aromatic carbocycles. The second kappa shape index (κ2) is 4.70. The Kier molecular flexibility index (Phi) is 3.10. The Bertz CT molecular complexity index is 566. The van der Waals surface area contributed by atoms with Crippen molar-refractivity contribution >= 4 is 0 Å². The van der Waals surface area contributed by atoms with Crippen molar-refractivity contribution in [1.29, 1.82) is 5.26 Å². The van der Waals surface area contributed by atoms with Gasteiger partial charge in [-0.3, -0.25) is 0 Å². The molecule has 6 nitrogen and oxygen atoms in total. The van der Waals surface area contributed by atoms with Gasteiger partial charge in [-0.1, -0.05) is 13.8 Å². The molecule has 86 valence electrons. The van der Waals surface area contributed by atoms with E-state index >= 15 is 0 Å². The van der Waals surface area contributed by atoms with Gasteiger partial charge in [0.1, 0.15) is 11.9 Å². The molecule has 0 amide bonds. The van der Waals surface area contributed by atoms with Crippen LogP contribution in [-0.2, 0) is 12.8 Å². The van der Waals surface area contributed by atoms with E-state index in [0.717, 1.165) is 24.5 Å². The maximum Gasteiger partial charge on any atom is 0.192 e. The van der Waals surface area contributed by atoms with Crippen molar-refractivity contribution in [1.82, 2.24) is 24.7 Å². The minimum atomic E-state index is 0.259. The highest BCUT2D eigenvalue weighted by Gasteiger charge is 2.14. The van der Waals surface area contributed by atoms with Gasteiger partial charge in [-0.15, -0.1) is 5.10 Å². The fraction of sp³-hybridized carbons (Fsp3) is 0.364. The number of aryl methyl sites for hydroxylation is 2. The summed E-state index contributed by atoms with van der Waals surface area (Å²) in [6, 6.07) is 2.01. The first-order valence-corrected chi connectivity index (χ1v) is 5.46. The molecule has 0 bridgehead atoms. The van der Waals surface area contributed by atoms with Crippen molar-refractivity contribution < 1.29 is 0 Å². The van der Waals surface area contributed by atoms with Crippen LogP contribution in [0.15, 0.2) is 12.4 Å². The molecule has 2 rings (SSSR count). The zero-order chi connectivity index (χ0) is 12.3. The SMILES string of the molecule is CCc1nc(CC)n(-c2nccnc2C#N)n1. The fourth-order valence-electron chi connectivity index (χ4n) is 1.50. The van der Waals surface area contributed by atoms with Crippen LogP contribution in [0.2, 0.25) is 0 Å². The Morgan fingerprint density at radius 3 is 2.65 bits per heavy atom. The maximum absolute atomic E-state index is 8.99. The topological polar surface area (TPSA) is 80.3 Å². The Labute approximate surface area is 99.0 Å². The number of hydrogen-bond donors (Lipinski definition) is 0. The molecule has 0 fully saturated rings. The highest BCUT2D eigenvalue weighted by molar-refractivity contribution is 5.37. The molecule has 6 heteroatoms. The molecule has 2 aromatic rings. The summed E-state index contributed by atoms with van der Waals surface area (Å²) in [5.41, 5.74) is 0.259. The first kappa shape index (κ1) is 11.2. The first-order valence-electron chi connectivity index (χ1n) is 5.46. The molecule has 0 saturated heterocycles. The van der Waals surface area contributed by atoms with Crippen LogP contribution in [-0.4, -0.2) is 24.7 Å². The van der Waals surface area contributed by atoms with Crippen molar-refractivity contribution in [2.24, 2.45) is 0 Å². The van der Waals surface area contributed by atoms with Gasteiger partial charge in [-0.2, -0.15) is 9.94 Å². The maximum atomic E-state index is 8.99. The second-order valence-corrected chi connectivity index (χ2v) is 3.40. The normalized spacial score (nSPS) is 10.2. The number of nitrogens with zero attached hydrogens (tertiary/aromatic N) is 6. The molecular weight excluding hydrogens is 216 g/mol. The van der Waals surface area contributed by atoms with Crippen LogP contribution in [0.1, 0.15) is 31.2 Å². The Hall–Kier alpha value is -2.29. The van der Waals surface area contributed by atoms with Crippen molar-refractivity contribution in [2.45, 2.75) is 26.7 Å². The van der Waals surface area contributed by atoms with Gasteiger partial charge in [-0.05, 0) is 0 Å². The van der Waals surface area contributed by atoms with Crippen LogP contribution in [0.5, 0.6) is 0 Å². The lowest BCUT2D eigenvalue weighted by Crippen LogP contribution is -2.07. The minimum absolute atomic E-state index is 0.259. The molecule has 0 aliphatic rings. The van der Waals surface area contributed by atoms with Gasteiger partial charge in [0.15, 0.2) is 17.3 Å². The molecule has 0 saturated carbocycles. The zero-order valence-corrected chi connectivity index (χ0v) is 9.75. The van der Waals surface area contributed by atoms with E-state index < -0.39 is 0 Å². The van der Waals surface area contributed by atoms with E-state index in [-0.39, 0.29) is 5.69 Å². The van der Waals surface area contributed by atoms with E-state index in [1.807, 2.05) is 19.9 Å². The molecule has 17 heavy (non-hydrogen) atoms. The molecule has 0 aliphatic heterocycles. The van der Waals surface area contributed by atoms with Crippen LogP contribution in [0.3, 0.4) is 0 Å². The average Bonchev–Trinajstić information content (AvgIpc) is 2.81. The van der Waals surface area contributed by atoms with Gasteiger partial charge in [0.2, 0.25) is 0 Å². The molecule has 0 atom stereocenters. The molecule has 0 N–H and O–H groups in total. The van der Waals surface area contributed by atoms with E-state index in [0.29, 0.717) is 5.82 Å². The number of nitriles is 1. The van der Waals surface area contributed by atoms with Gasteiger partial charge in [0.05, 0.1) is 0 Å². The van der Waals surface area contributed by atoms with E-state index in [9.17, 15) is 0 Å². The van der Waals surface area contributed by atoms with E-state index in [1.54, 1.807) is 10.9 Å². The monoisotopic (exact) mass is 228 g/mol. The highest BCUT2D eigenvalue weighted by atomic mass is 15.4. The quantitative estimate of drug-likeness (QED) is 0.784. The summed E-state index contributed by atoms with van der Waals surface area (Å²) in [5.74, 6) is 1.98. The summed E-state index contributed by atoms with van der Waals surface area (Å²) in [5, 5.41) is 13.3. The number of hydrogen-bond acceptors (Lipinski definition) is 5. The lowest BCUT2D eigenvalue weighted by molar-refractivity contribution is 0.760. The third-order valence-corrected chi connectivity index (χ3v) is 2.34. The van der Waals surface area contributed by atoms with Crippen LogP contribution < -0.4 is 0 Å². The predicted molar refractivity (Wildman–Crippen MR) is 60.4 cm³/mol. The lowest BCUT2D eigenvalue weighted by Gasteiger charge is -2.03. The largest absolute Gasteiger partial charge is 0.240 e. The Balaban J connectivity index is 2.60. The van der Waals surface area contributed by atoms with Gasteiger partial charge in [0.25, 0.3) is 0 Å². The van der Waals surface area contributed by atoms with Gasteiger partial charge < -0.3 is 0 Å². The van der Waals surface area contributed by atoms with Crippen molar-refractivity contribution in [2.75, 3.05) is 0 Å². The van der Waals surface area contributed by atoms with Crippen molar-refractivity contribution in [3.63, 3.8) is 0 Å². The van der Waals surface area contributed by atoms with E-state index in [4.69, 9.17) is 5.26 Å². The van der Waals surface area contributed by atoms with E-state index in [2.05, 4.69) is 20.1 Å². The molecule has 2 aromatic heterocycles. The predicted octanol–water partition coefficient (Wildman–Crippen LogP) is 1.05. The van der Waals surface area contributed by atoms with E-state index in [1.165, 1.54) is 6.20 Å². The smallest absolute Gasteiger partial charge is 0.192 e. The molecule has 2 heterocycles. The molecular formula is C11H12N6. The molecule has 0 spiro atoms. The summed E-state index contributed by atoms with van der Waals surface area (Å²) in [6.45, 7) is 3.98.